The lowest BCUT2D eigenvalue weighted by atomic mass is 9.97. The van der Waals surface area contributed by atoms with E-state index in [0.717, 1.165) is 42.7 Å². The van der Waals surface area contributed by atoms with Crippen molar-refractivity contribution in [3.05, 3.63) is 18.0 Å². The SMILES string of the molecule is CCc1nnc2ccc(N3CCC[C@@H](CN4CCCCCC4)C3)nn12. The molecule has 0 aliphatic carbocycles. The standard InChI is InChI=1S/C19H30N6/c1-2-17-20-21-18-9-10-19(22-25(17)18)24-13-7-8-16(15-24)14-23-11-5-3-4-6-12-23/h9-10,16H,2-8,11-15H2,1H3/t16-/m0/s1. The van der Waals surface area contributed by atoms with Gasteiger partial charge in [0.25, 0.3) is 0 Å². The van der Waals surface area contributed by atoms with Crippen LogP contribution in [0.5, 0.6) is 0 Å². The summed E-state index contributed by atoms with van der Waals surface area (Å²) in [6.07, 6.45) is 9.05. The maximum Gasteiger partial charge on any atom is 0.178 e. The van der Waals surface area contributed by atoms with E-state index in [9.17, 15) is 0 Å². The highest BCUT2D eigenvalue weighted by atomic mass is 15.4. The molecule has 2 aromatic rings. The van der Waals surface area contributed by atoms with Gasteiger partial charge in [-0.2, -0.15) is 4.52 Å². The van der Waals surface area contributed by atoms with Gasteiger partial charge in [-0.3, -0.25) is 0 Å². The third-order valence-corrected chi connectivity index (χ3v) is 5.69. The fourth-order valence-corrected chi connectivity index (χ4v) is 4.32. The van der Waals surface area contributed by atoms with Gasteiger partial charge in [0.15, 0.2) is 11.5 Å². The molecule has 6 nitrogen and oxygen atoms in total. The molecule has 1 atom stereocenters. The largest absolute Gasteiger partial charge is 0.355 e. The van der Waals surface area contributed by atoms with Crippen LogP contribution < -0.4 is 4.90 Å². The van der Waals surface area contributed by atoms with Crippen molar-refractivity contribution in [3.8, 4) is 0 Å². The van der Waals surface area contributed by atoms with E-state index in [1.165, 1.54) is 58.2 Å². The molecule has 0 unspecified atom stereocenters. The van der Waals surface area contributed by atoms with Gasteiger partial charge in [0.1, 0.15) is 5.82 Å². The molecule has 25 heavy (non-hydrogen) atoms. The molecule has 136 valence electrons. The third kappa shape index (κ3) is 3.78. The predicted molar refractivity (Wildman–Crippen MR) is 100 cm³/mol. The molecule has 2 aliphatic rings. The zero-order valence-corrected chi connectivity index (χ0v) is 15.4. The van der Waals surface area contributed by atoms with Crippen molar-refractivity contribution in [1.82, 2.24) is 24.7 Å². The first-order chi connectivity index (χ1) is 12.3. The van der Waals surface area contributed by atoms with Crippen LogP contribution in [0.25, 0.3) is 5.65 Å². The number of hydrogen-bond donors (Lipinski definition) is 0. The average molecular weight is 342 g/mol. The molecule has 0 aromatic carbocycles. The minimum Gasteiger partial charge on any atom is -0.355 e. The van der Waals surface area contributed by atoms with E-state index >= 15 is 0 Å². The second-order valence-corrected chi connectivity index (χ2v) is 7.60. The third-order valence-electron chi connectivity index (χ3n) is 5.69. The molecule has 0 radical (unpaired) electrons. The fourth-order valence-electron chi connectivity index (χ4n) is 4.32. The Morgan fingerprint density at radius 2 is 1.84 bits per heavy atom. The normalized spacial score (nSPS) is 23.1. The Kier molecular flexibility index (Phi) is 5.15. The fraction of sp³-hybridized carbons (Fsp3) is 0.737. The molecular formula is C19H30N6. The summed E-state index contributed by atoms with van der Waals surface area (Å²) in [4.78, 5) is 5.16. The summed E-state index contributed by atoms with van der Waals surface area (Å²) in [6.45, 7) is 8.17. The van der Waals surface area contributed by atoms with E-state index in [0.29, 0.717) is 0 Å². The number of rotatable bonds is 4. The van der Waals surface area contributed by atoms with Crippen LogP contribution in [0.1, 0.15) is 51.3 Å². The molecule has 2 fully saturated rings. The van der Waals surface area contributed by atoms with Crippen LogP contribution in [-0.4, -0.2) is 57.4 Å². The smallest absolute Gasteiger partial charge is 0.178 e. The van der Waals surface area contributed by atoms with Gasteiger partial charge in [0.05, 0.1) is 0 Å². The van der Waals surface area contributed by atoms with Crippen molar-refractivity contribution in [2.45, 2.75) is 51.9 Å². The maximum atomic E-state index is 4.83. The number of anilines is 1. The highest BCUT2D eigenvalue weighted by Crippen LogP contribution is 2.23. The summed E-state index contributed by atoms with van der Waals surface area (Å²) >= 11 is 0. The number of likely N-dealkylation sites (tertiary alicyclic amines) is 1. The Hall–Kier alpha value is -1.69. The van der Waals surface area contributed by atoms with Crippen molar-refractivity contribution in [2.75, 3.05) is 37.6 Å². The molecule has 4 rings (SSSR count). The number of nitrogens with zero attached hydrogens (tertiary/aromatic N) is 6. The first-order valence-corrected chi connectivity index (χ1v) is 10.0. The molecule has 0 N–H and O–H groups in total. The average Bonchev–Trinajstić information content (AvgIpc) is 2.89. The highest BCUT2D eigenvalue weighted by Gasteiger charge is 2.24. The van der Waals surface area contributed by atoms with Crippen molar-refractivity contribution in [1.29, 1.82) is 0 Å². The minimum atomic E-state index is 0.760. The van der Waals surface area contributed by atoms with Gasteiger partial charge in [-0.05, 0) is 56.8 Å². The van der Waals surface area contributed by atoms with Gasteiger partial charge in [-0.25, -0.2) is 0 Å². The summed E-state index contributed by atoms with van der Waals surface area (Å²) in [6, 6.07) is 4.16. The van der Waals surface area contributed by atoms with Crippen molar-refractivity contribution < 1.29 is 0 Å². The van der Waals surface area contributed by atoms with Crippen LogP contribution in [0, 0.1) is 5.92 Å². The lowest BCUT2D eigenvalue weighted by Gasteiger charge is -2.36. The second kappa shape index (κ2) is 7.68. The van der Waals surface area contributed by atoms with Crippen molar-refractivity contribution in [2.24, 2.45) is 5.92 Å². The summed E-state index contributed by atoms with van der Waals surface area (Å²) in [5.41, 5.74) is 0.846. The number of aromatic nitrogens is 4. The lowest BCUT2D eigenvalue weighted by Crippen LogP contribution is -2.41. The first kappa shape index (κ1) is 16.8. The Morgan fingerprint density at radius 1 is 1.00 bits per heavy atom. The van der Waals surface area contributed by atoms with Gasteiger partial charge < -0.3 is 9.80 Å². The number of hydrogen-bond acceptors (Lipinski definition) is 5. The number of piperidine rings is 1. The Bertz CT molecular complexity index is 688. The molecule has 6 heteroatoms. The highest BCUT2D eigenvalue weighted by molar-refractivity contribution is 5.46. The quantitative estimate of drug-likeness (QED) is 0.855. The predicted octanol–water partition coefficient (Wildman–Crippen LogP) is 2.78. The van der Waals surface area contributed by atoms with Gasteiger partial charge in [-0.15, -0.1) is 15.3 Å². The van der Waals surface area contributed by atoms with Crippen LogP contribution in [0.3, 0.4) is 0 Å². The summed E-state index contributed by atoms with van der Waals surface area (Å²) in [5, 5.41) is 13.3. The van der Waals surface area contributed by atoms with Crippen LogP contribution in [-0.2, 0) is 6.42 Å². The molecule has 0 amide bonds. The van der Waals surface area contributed by atoms with Gasteiger partial charge >= 0.3 is 0 Å². The van der Waals surface area contributed by atoms with E-state index in [1.807, 2.05) is 10.6 Å². The zero-order valence-electron chi connectivity index (χ0n) is 15.4. The van der Waals surface area contributed by atoms with E-state index in [1.54, 1.807) is 0 Å². The monoisotopic (exact) mass is 342 g/mol. The molecular weight excluding hydrogens is 312 g/mol. The van der Waals surface area contributed by atoms with Gasteiger partial charge in [0.2, 0.25) is 0 Å². The Balaban J connectivity index is 1.45. The molecule has 4 heterocycles. The Morgan fingerprint density at radius 3 is 2.64 bits per heavy atom. The van der Waals surface area contributed by atoms with Crippen LogP contribution in [0.15, 0.2) is 12.1 Å². The zero-order chi connectivity index (χ0) is 17.1. The van der Waals surface area contributed by atoms with E-state index in [2.05, 4.69) is 33.0 Å². The molecule has 0 spiro atoms. The lowest BCUT2D eigenvalue weighted by molar-refractivity contribution is 0.222. The maximum absolute atomic E-state index is 4.83. The van der Waals surface area contributed by atoms with Gasteiger partial charge in [-0.1, -0.05) is 19.8 Å². The second-order valence-electron chi connectivity index (χ2n) is 7.60. The summed E-state index contributed by atoms with van der Waals surface area (Å²) in [5.74, 6) is 2.77. The van der Waals surface area contributed by atoms with Gasteiger partial charge in [0, 0.05) is 26.1 Å². The molecule has 2 aliphatic heterocycles. The van der Waals surface area contributed by atoms with Crippen LogP contribution in [0.4, 0.5) is 5.82 Å². The van der Waals surface area contributed by atoms with Crippen molar-refractivity contribution >= 4 is 11.5 Å². The Labute approximate surface area is 150 Å². The number of fused-ring (bicyclic) bond motifs is 1. The molecule has 2 aromatic heterocycles. The van der Waals surface area contributed by atoms with Crippen LogP contribution >= 0.6 is 0 Å². The minimum absolute atomic E-state index is 0.760. The van der Waals surface area contributed by atoms with Crippen LogP contribution in [0.2, 0.25) is 0 Å². The molecule has 0 saturated carbocycles. The number of aryl methyl sites for hydroxylation is 1. The first-order valence-electron chi connectivity index (χ1n) is 10.0. The summed E-state index contributed by atoms with van der Waals surface area (Å²) in [7, 11) is 0. The molecule has 2 saturated heterocycles. The topological polar surface area (TPSA) is 49.6 Å². The van der Waals surface area contributed by atoms with E-state index in [-0.39, 0.29) is 0 Å². The van der Waals surface area contributed by atoms with Crippen molar-refractivity contribution in [3.63, 3.8) is 0 Å². The van der Waals surface area contributed by atoms with E-state index < -0.39 is 0 Å². The summed E-state index contributed by atoms with van der Waals surface area (Å²) < 4.78 is 1.91. The van der Waals surface area contributed by atoms with E-state index in [4.69, 9.17) is 5.10 Å². The molecule has 0 bridgehead atoms.